The first kappa shape index (κ1) is 21.3. The Morgan fingerprint density at radius 3 is 2.66 bits per heavy atom. The average Bonchev–Trinajstić information content (AvgIpc) is 3.29. The second kappa shape index (κ2) is 9.41. The Morgan fingerprint density at radius 2 is 2.00 bits per heavy atom. The topological polar surface area (TPSA) is 65.4 Å². The van der Waals surface area contributed by atoms with Crippen LogP contribution in [0.4, 0.5) is 8.78 Å². The van der Waals surface area contributed by atoms with Gasteiger partial charge in [-0.25, -0.2) is 8.78 Å². The lowest BCUT2D eigenvalue weighted by Gasteiger charge is -2.08. The summed E-state index contributed by atoms with van der Waals surface area (Å²) in [5.74, 6) is 1.79. The fourth-order valence-electron chi connectivity index (χ4n) is 2.54. The van der Waals surface area contributed by atoms with Gasteiger partial charge in [-0.3, -0.25) is 0 Å². The molecule has 3 aromatic rings. The molecule has 0 saturated carbocycles. The third-order valence-electron chi connectivity index (χ3n) is 3.88. The monoisotopic (exact) mass is 440 g/mol. The fraction of sp³-hybridized carbons (Fsp3) is 0.316. The molecule has 0 amide bonds. The largest absolute Gasteiger partial charge is 0.486 e. The number of alkyl halides is 2. The van der Waals surface area contributed by atoms with Crippen LogP contribution in [0, 0.1) is 13.8 Å². The van der Waals surface area contributed by atoms with Crippen molar-refractivity contribution >= 4 is 29.6 Å². The minimum atomic E-state index is -2.78. The van der Waals surface area contributed by atoms with E-state index in [1.165, 1.54) is 18.0 Å². The third kappa shape index (κ3) is 5.16. The zero-order valence-corrected chi connectivity index (χ0v) is 17.6. The highest BCUT2D eigenvalue weighted by atomic mass is 35.5. The average molecular weight is 441 g/mol. The van der Waals surface area contributed by atoms with Crippen molar-refractivity contribution in [3.63, 3.8) is 0 Å². The first-order chi connectivity index (χ1) is 13.9. The maximum Gasteiger partial charge on any atom is 0.299 e. The van der Waals surface area contributed by atoms with Gasteiger partial charge in [-0.2, -0.15) is 9.78 Å². The molecule has 0 bridgehead atoms. The van der Waals surface area contributed by atoms with E-state index in [0.29, 0.717) is 33.2 Å². The summed E-state index contributed by atoms with van der Waals surface area (Å²) in [6.07, 6.45) is -1.44. The molecule has 2 heterocycles. The zero-order valence-electron chi connectivity index (χ0n) is 16.0. The molecular formula is C19H19ClF2N4O2S. The van der Waals surface area contributed by atoms with Crippen molar-refractivity contribution in [3.8, 4) is 5.75 Å². The molecule has 0 fully saturated rings. The van der Waals surface area contributed by atoms with Crippen molar-refractivity contribution in [1.82, 2.24) is 14.9 Å². The number of rotatable bonds is 8. The molecule has 0 saturated heterocycles. The lowest BCUT2D eigenvalue weighted by Crippen LogP contribution is -2.00. The van der Waals surface area contributed by atoms with E-state index in [4.69, 9.17) is 20.8 Å². The number of benzene rings is 1. The van der Waals surface area contributed by atoms with E-state index in [9.17, 15) is 8.78 Å². The van der Waals surface area contributed by atoms with Crippen molar-refractivity contribution in [2.75, 3.05) is 5.75 Å². The number of thioether (sulfide) groups is 1. The van der Waals surface area contributed by atoms with Crippen LogP contribution >= 0.6 is 23.4 Å². The SMILES string of the molecule is CCSc1nnc(C(F)F)n1N=Cc1ccc(COc2cc(C)c(Cl)c(C)c2)o1. The molecule has 10 heteroatoms. The summed E-state index contributed by atoms with van der Waals surface area (Å²) in [7, 11) is 0. The lowest BCUT2D eigenvalue weighted by atomic mass is 10.1. The Morgan fingerprint density at radius 1 is 1.28 bits per heavy atom. The Bertz CT molecular complexity index is 997. The summed E-state index contributed by atoms with van der Waals surface area (Å²) < 4.78 is 38.6. The summed E-state index contributed by atoms with van der Waals surface area (Å²) in [6.45, 7) is 5.92. The van der Waals surface area contributed by atoms with Gasteiger partial charge in [0.1, 0.15) is 23.9 Å². The van der Waals surface area contributed by atoms with E-state index in [0.717, 1.165) is 15.8 Å². The molecule has 1 aromatic carbocycles. The van der Waals surface area contributed by atoms with Crippen molar-refractivity contribution in [1.29, 1.82) is 0 Å². The lowest BCUT2D eigenvalue weighted by molar-refractivity contribution is 0.135. The molecule has 29 heavy (non-hydrogen) atoms. The van der Waals surface area contributed by atoms with E-state index in [1.54, 1.807) is 12.1 Å². The van der Waals surface area contributed by atoms with Crippen molar-refractivity contribution in [3.05, 3.63) is 57.8 Å². The molecule has 2 aromatic heterocycles. The number of nitrogens with zero attached hydrogens (tertiary/aromatic N) is 4. The standard InChI is InChI=1S/C19H19ClF2N4O2S/c1-4-29-19-25-24-18(17(21)22)26(19)23-9-13-5-6-14(28-13)10-27-15-7-11(2)16(20)12(3)8-15/h5-9,17H,4,10H2,1-3H3. The number of ether oxygens (including phenoxy) is 1. The highest BCUT2D eigenvalue weighted by Gasteiger charge is 2.20. The number of hydrogen-bond donors (Lipinski definition) is 0. The van der Waals surface area contributed by atoms with Crippen LogP contribution in [0.3, 0.4) is 0 Å². The Balaban J connectivity index is 1.70. The number of aryl methyl sites for hydroxylation is 2. The van der Waals surface area contributed by atoms with Gasteiger partial charge in [0.15, 0.2) is 0 Å². The highest BCUT2D eigenvalue weighted by molar-refractivity contribution is 7.99. The second-order valence-electron chi connectivity index (χ2n) is 6.09. The second-order valence-corrected chi connectivity index (χ2v) is 7.70. The van der Waals surface area contributed by atoms with Crippen LogP contribution in [-0.2, 0) is 6.61 Å². The third-order valence-corrected chi connectivity index (χ3v) is 5.28. The molecule has 0 atom stereocenters. The van der Waals surface area contributed by atoms with E-state index >= 15 is 0 Å². The van der Waals surface area contributed by atoms with Gasteiger partial charge < -0.3 is 9.15 Å². The first-order valence-corrected chi connectivity index (χ1v) is 10.1. The van der Waals surface area contributed by atoms with E-state index < -0.39 is 12.2 Å². The smallest absolute Gasteiger partial charge is 0.299 e. The summed E-state index contributed by atoms with van der Waals surface area (Å²) in [5.41, 5.74) is 1.86. The van der Waals surface area contributed by atoms with Crippen LogP contribution in [0.25, 0.3) is 0 Å². The van der Waals surface area contributed by atoms with Gasteiger partial charge in [0.2, 0.25) is 11.0 Å². The summed E-state index contributed by atoms with van der Waals surface area (Å²) in [5, 5.41) is 12.3. The number of furan rings is 1. The van der Waals surface area contributed by atoms with E-state index in [-0.39, 0.29) is 6.61 Å². The molecule has 0 spiro atoms. The quantitative estimate of drug-likeness (QED) is 0.334. The summed E-state index contributed by atoms with van der Waals surface area (Å²) in [6, 6.07) is 7.12. The predicted molar refractivity (Wildman–Crippen MR) is 108 cm³/mol. The van der Waals surface area contributed by atoms with Gasteiger partial charge in [0, 0.05) is 5.02 Å². The Labute approximate surface area is 175 Å². The first-order valence-electron chi connectivity index (χ1n) is 8.78. The molecule has 0 unspecified atom stereocenters. The minimum Gasteiger partial charge on any atom is -0.486 e. The van der Waals surface area contributed by atoms with Gasteiger partial charge in [-0.1, -0.05) is 30.3 Å². The molecule has 3 rings (SSSR count). The minimum absolute atomic E-state index is 0.209. The summed E-state index contributed by atoms with van der Waals surface area (Å²) >= 11 is 7.43. The van der Waals surface area contributed by atoms with Crippen molar-refractivity contribution in [2.45, 2.75) is 39.0 Å². The van der Waals surface area contributed by atoms with Crippen LogP contribution in [0.5, 0.6) is 5.75 Å². The van der Waals surface area contributed by atoms with Crippen LogP contribution < -0.4 is 4.74 Å². The molecule has 0 aliphatic carbocycles. The fourth-order valence-corrected chi connectivity index (χ4v) is 3.27. The Kier molecular flexibility index (Phi) is 6.92. The molecular weight excluding hydrogens is 422 g/mol. The van der Waals surface area contributed by atoms with Gasteiger partial charge >= 0.3 is 0 Å². The van der Waals surface area contributed by atoms with Gasteiger partial charge in [0.05, 0.1) is 6.21 Å². The van der Waals surface area contributed by atoms with E-state index in [2.05, 4.69) is 15.3 Å². The zero-order chi connectivity index (χ0) is 21.0. The predicted octanol–water partition coefficient (Wildman–Crippen LogP) is 5.65. The number of aromatic nitrogens is 3. The highest BCUT2D eigenvalue weighted by Crippen LogP contribution is 2.27. The van der Waals surface area contributed by atoms with Crippen LogP contribution in [0.2, 0.25) is 5.02 Å². The Hall–Kier alpha value is -2.39. The maximum atomic E-state index is 13.1. The molecule has 154 valence electrons. The molecule has 0 aliphatic rings. The molecule has 0 aliphatic heterocycles. The van der Waals surface area contributed by atoms with Crippen LogP contribution in [-0.4, -0.2) is 26.8 Å². The van der Waals surface area contributed by atoms with Crippen LogP contribution in [0.1, 0.15) is 41.8 Å². The molecule has 0 radical (unpaired) electrons. The van der Waals surface area contributed by atoms with E-state index in [1.807, 2.05) is 32.9 Å². The van der Waals surface area contributed by atoms with Crippen molar-refractivity contribution in [2.24, 2.45) is 5.10 Å². The summed E-state index contributed by atoms with van der Waals surface area (Å²) in [4.78, 5) is 0. The molecule has 0 N–H and O–H groups in total. The van der Waals surface area contributed by atoms with Crippen molar-refractivity contribution < 1.29 is 17.9 Å². The normalized spacial score (nSPS) is 11.7. The number of hydrogen-bond acceptors (Lipinski definition) is 6. The molecule has 6 nitrogen and oxygen atoms in total. The number of halogens is 3. The van der Waals surface area contributed by atoms with Crippen LogP contribution in [0.15, 0.2) is 38.9 Å². The van der Waals surface area contributed by atoms with Gasteiger partial charge in [0.25, 0.3) is 6.43 Å². The van der Waals surface area contributed by atoms with Gasteiger partial charge in [-0.15, -0.1) is 10.2 Å². The van der Waals surface area contributed by atoms with Gasteiger partial charge in [-0.05, 0) is 55.0 Å². The maximum absolute atomic E-state index is 13.1.